The Bertz CT molecular complexity index is 5860. The smallest absolute Gasteiger partial charge is 0.199 e. The molecule has 0 saturated carbocycles. The van der Waals surface area contributed by atoms with E-state index in [4.69, 9.17) is 19.3 Å². The zero-order chi connectivity index (χ0) is 88.9. The maximum absolute atomic E-state index is 12.1. The molecule has 18 nitrogen and oxygen atoms in total. The van der Waals surface area contributed by atoms with E-state index in [1.807, 2.05) is 211 Å². The minimum atomic E-state index is -0.164. The highest BCUT2D eigenvalue weighted by Crippen LogP contribution is 2.23. The average molecular weight is 1670 g/mol. The monoisotopic (exact) mass is 1670 g/mol. The summed E-state index contributed by atoms with van der Waals surface area (Å²) >= 11 is 0. The third kappa shape index (κ3) is 33.0. The molecular formula is C108H101N7O11. The first-order valence-corrected chi connectivity index (χ1v) is 41.6. The predicted octanol–water partition coefficient (Wildman–Crippen LogP) is 23.2. The van der Waals surface area contributed by atoms with Crippen molar-refractivity contribution in [1.29, 1.82) is 0 Å². The molecular weight excluding hydrogens is 1570 g/mol. The topological polar surface area (TPSA) is 254 Å². The molecule has 126 heavy (non-hydrogen) atoms. The summed E-state index contributed by atoms with van der Waals surface area (Å²) in [7, 11) is 0. The number of carbonyl (C=O) groups is 7. The fourth-order valence-electron chi connectivity index (χ4n) is 12.3. The number of allylic oxidation sites excluding steroid dienone is 21. The standard InChI is InChI=1S/C20H17NO2.C18H19NO3.2C15H15NO.C14H13NO.C13H11NO2.C13H11NO/c22-20(13-10-18-7-4-14-21-18)17-8-11-19(12-9-17)23-15-16-5-2-1-3-6-16;20-17(11-8-15-4-3-12-19-15)14-6-9-16(10-7-14)22-18-5-1-2-13-21-18;1-11-5-6-13(10-12(11)2)15(17)8-7-14-4-3-9-16-14;1-11-5-6-12(2)14(10-11)15(17)8-7-13-4-3-9-16-13;1-11-4-2-5-12(10-11)14(16)8-7-13-6-3-9-15-13;15-12-6-3-10(4-7-12)13(16)8-5-11-2-1-9-14-11;15-13(11-5-2-1-3-6-11)9-8-12-7-4-10-14-12/h1-6,8-14H,7,15H2;3,6-12,18H,1-2,4-5,13H2;2*3,5-10H,4H2,1-2H3;2-5,7-10H,6H2,1H3;1,3-9,15H,2H2;1-6,8-10H,7H2/b13-10+;11-8+;3*8-7+;8-5+;9-8+. The molecule has 8 aromatic carbocycles. The molecule has 634 valence electrons. The number of ketones is 7. The number of ether oxygens (including phenoxy) is 3. The summed E-state index contributed by atoms with van der Waals surface area (Å²) in [5, 5.41) is 9.08. The predicted molar refractivity (Wildman–Crippen MR) is 508 cm³/mol. The number of carbonyl (C=O) groups excluding carboxylic acids is 7. The zero-order valence-electron chi connectivity index (χ0n) is 71.4. The minimum Gasteiger partial charge on any atom is -0.508 e. The van der Waals surface area contributed by atoms with E-state index >= 15 is 0 Å². The second-order valence-corrected chi connectivity index (χ2v) is 29.5. The molecule has 0 amide bonds. The second-order valence-electron chi connectivity index (χ2n) is 29.5. The van der Waals surface area contributed by atoms with Gasteiger partial charge in [0.2, 0.25) is 0 Å². The summed E-state index contributed by atoms with van der Waals surface area (Å²) in [4.78, 5) is 112. The fraction of sp³-hybridized carbons (Fsp3) is 0.167. The number of aliphatic imine (C=N–C) groups is 7. The van der Waals surface area contributed by atoms with Crippen LogP contribution in [0, 0.1) is 34.6 Å². The van der Waals surface area contributed by atoms with Crippen molar-refractivity contribution in [1.82, 2.24) is 0 Å². The fourth-order valence-corrected chi connectivity index (χ4v) is 12.3. The van der Waals surface area contributed by atoms with Crippen LogP contribution in [0.25, 0.3) is 0 Å². The highest BCUT2D eigenvalue weighted by Gasteiger charge is 2.17. The van der Waals surface area contributed by atoms with Crippen molar-refractivity contribution < 1.29 is 52.9 Å². The molecule has 18 heteroatoms. The third-order valence-electron chi connectivity index (χ3n) is 19.6. The molecule has 0 radical (unpaired) electrons. The first-order chi connectivity index (χ1) is 61.3. The van der Waals surface area contributed by atoms with Gasteiger partial charge in [0.25, 0.3) is 0 Å². The molecule has 1 saturated heterocycles. The van der Waals surface area contributed by atoms with Crippen molar-refractivity contribution in [2.45, 2.75) is 112 Å². The number of aromatic hydroxyl groups is 1. The lowest BCUT2D eigenvalue weighted by Gasteiger charge is -2.23. The van der Waals surface area contributed by atoms with Crippen LogP contribution in [0.3, 0.4) is 0 Å². The van der Waals surface area contributed by atoms with E-state index in [2.05, 4.69) is 34.9 Å². The normalized spacial score (nSPS) is 15.4. The molecule has 1 atom stereocenters. The Morgan fingerprint density at radius 1 is 0.333 bits per heavy atom. The van der Waals surface area contributed by atoms with Crippen LogP contribution in [-0.2, 0) is 11.3 Å². The molecule has 0 spiro atoms. The van der Waals surface area contributed by atoms with Crippen LogP contribution in [0.4, 0.5) is 0 Å². The number of benzene rings is 8. The molecule has 0 aliphatic carbocycles. The van der Waals surface area contributed by atoms with Gasteiger partial charge in [0, 0.05) is 174 Å². The van der Waals surface area contributed by atoms with Gasteiger partial charge in [-0.15, -0.1) is 0 Å². The quantitative estimate of drug-likeness (QED) is 0.0394. The molecule has 1 fully saturated rings. The summed E-state index contributed by atoms with van der Waals surface area (Å²) in [6.07, 6.45) is 58.0. The first-order valence-electron chi connectivity index (χ1n) is 41.6. The van der Waals surface area contributed by atoms with Gasteiger partial charge in [0.05, 0.1) is 6.61 Å². The van der Waals surface area contributed by atoms with Crippen molar-refractivity contribution in [2.75, 3.05) is 6.61 Å². The zero-order valence-corrected chi connectivity index (χ0v) is 71.4. The molecule has 8 aromatic rings. The average Bonchev–Trinajstić information content (AvgIpc) is 0.997. The van der Waals surface area contributed by atoms with Crippen LogP contribution < -0.4 is 9.47 Å². The van der Waals surface area contributed by atoms with E-state index in [1.165, 1.54) is 23.8 Å². The van der Waals surface area contributed by atoms with Gasteiger partial charge in [-0.3, -0.25) is 68.5 Å². The number of phenolic OH excluding ortho intramolecular Hbond substituents is 1. The Balaban J connectivity index is 0.000000154. The Kier molecular flexibility index (Phi) is 37.7. The molecule has 0 bridgehead atoms. The van der Waals surface area contributed by atoms with Crippen LogP contribution in [0.1, 0.15) is 170 Å². The largest absolute Gasteiger partial charge is 0.508 e. The number of phenols is 1. The van der Waals surface area contributed by atoms with E-state index in [0.29, 0.717) is 28.9 Å². The molecule has 1 unspecified atom stereocenters. The lowest BCUT2D eigenvalue weighted by molar-refractivity contribution is -0.105. The van der Waals surface area contributed by atoms with Gasteiger partial charge in [0.1, 0.15) is 23.9 Å². The lowest BCUT2D eigenvalue weighted by Crippen LogP contribution is -2.24. The maximum atomic E-state index is 12.1. The SMILES string of the molecule is Cc1ccc(C(=O)/C=C/C2=NC=CC2)cc1C.Cc1ccc(C)c(C(=O)/C=C/C2=NC=CC2)c1.Cc1cccc(C(=O)/C=C/C2=NC=CC2)c1.O=C(/C=C/C1=NC=CC1)c1ccc(O)cc1.O=C(/C=C/C1=NC=CC1)c1ccc(OC2CCCCO2)cc1.O=C(/C=C/C1=NC=CC1)c1ccc(OCc2ccccc2)cc1.O=C(/C=C/C1=NC=CC1)c1ccccc1. The Labute approximate surface area is 737 Å². The molecule has 1 N–H and O–H groups in total. The Morgan fingerprint density at radius 3 is 1.06 bits per heavy atom. The van der Waals surface area contributed by atoms with Crippen LogP contribution in [0.2, 0.25) is 0 Å². The number of rotatable bonds is 26. The van der Waals surface area contributed by atoms with Crippen LogP contribution in [0.15, 0.2) is 400 Å². The number of aryl methyl sites for hydroxylation is 5. The minimum absolute atomic E-state index is 0.0187. The van der Waals surface area contributed by atoms with Crippen molar-refractivity contribution in [3.05, 3.63) is 437 Å². The van der Waals surface area contributed by atoms with Gasteiger partial charge in [0.15, 0.2) is 46.8 Å². The molecule has 0 aromatic heterocycles. The Morgan fingerprint density at radius 2 is 0.675 bits per heavy atom. The van der Waals surface area contributed by atoms with Crippen LogP contribution >= 0.6 is 0 Å². The summed E-state index contributed by atoms with van der Waals surface area (Å²) in [6.45, 7) is 11.2. The van der Waals surface area contributed by atoms with Crippen molar-refractivity contribution in [3.63, 3.8) is 0 Å². The van der Waals surface area contributed by atoms with E-state index in [9.17, 15) is 33.6 Å². The summed E-state index contributed by atoms with van der Waals surface area (Å²) in [6, 6.07) is 59.0. The van der Waals surface area contributed by atoms with Crippen molar-refractivity contribution in [2.24, 2.45) is 34.9 Å². The van der Waals surface area contributed by atoms with Gasteiger partial charge in [-0.25, -0.2) is 0 Å². The van der Waals surface area contributed by atoms with E-state index in [-0.39, 0.29) is 52.5 Å². The second kappa shape index (κ2) is 50.9. The summed E-state index contributed by atoms with van der Waals surface area (Å²) < 4.78 is 17.0. The Hall–Kier alpha value is -15.1. The molecule has 8 aliphatic rings. The van der Waals surface area contributed by atoms with Crippen LogP contribution in [-0.4, -0.2) is 98.5 Å². The van der Waals surface area contributed by atoms with Crippen molar-refractivity contribution in [3.8, 4) is 17.2 Å². The summed E-state index contributed by atoms with van der Waals surface area (Å²) in [5.74, 6) is 1.60. The lowest BCUT2D eigenvalue weighted by atomic mass is 10.0. The first kappa shape index (κ1) is 93.1. The molecule has 8 aliphatic heterocycles. The number of hydrogen-bond acceptors (Lipinski definition) is 18. The van der Waals surface area contributed by atoms with Gasteiger partial charge < -0.3 is 19.3 Å². The van der Waals surface area contributed by atoms with Gasteiger partial charge in [-0.1, -0.05) is 157 Å². The molecule has 8 heterocycles. The highest BCUT2D eigenvalue weighted by atomic mass is 16.7. The van der Waals surface area contributed by atoms with Crippen LogP contribution in [0.5, 0.6) is 17.2 Å². The van der Waals surface area contributed by atoms with Gasteiger partial charge in [-0.2, -0.15) is 0 Å². The van der Waals surface area contributed by atoms with E-state index in [0.717, 1.165) is 167 Å². The van der Waals surface area contributed by atoms with Gasteiger partial charge in [-0.05, 0) is 246 Å². The summed E-state index contributed by atoms with van der Waals surface area (Å²) in [5.41, 5.74) is 17.9. The molecule has 16 rings (SSSR count). The van der Waals surface area contributed by atoms with E-state index in [1.54, 1.807) is 171 Å². The number of nitrogens with zero attached hydrogens (tertiary/aromatic N) is 7. The van der Waals surface area contributed by atoms with Gasteiger partial charge >= 0.3 is 0 Å². The van der Waals surface area contributed by atoms with E-state index < -0.39 is 0 Å². The number of hydrogen-bond donors (Lipinski definition) is 1. The maximum Gasteiger partial charge on any atom is 0.199 e. The van der Waals surface area contributed by atoms with Crippen molar-refractivity contribution >= 4 is 80.5 Å². The highest BCUT2D eigenvalue weighted by molar-refractivity contribution is 6.14. The third-order valence-corrected chi connectivity index (χ3v) is 19.6.